The molecule has 0 aliphatic heterocycles. The molecule has 1 heterocycles. The number of carboxylic acids is 1. The number of hydrogen-bond acceptors (Lipinski definition) is 6. The number of aliphatic hydroxyl groups is 1. The van der Waals surface area contributed by atoms with Crippen LogP contribution in [0, 0.1) is 0 Å². The molecule has 0 fully saturated rings. The Hall–Kier alpha value is -3.07. The molecule has 156 valence electrons. The average molecular weight is 426 g/mol. The minimum Gasteiger partial charge on any atom is -0.478 e. The van der Waals surface area contributed by atoms with Crippen LogP contribution in [0.3, 0.4) is 0 Å². The smallest absolute Gasteiger partial charge is 0.335 e. The number of benzene rings is 2. The van der Waals surface area contributed by atoms with Crippen molar-refractivity contribution in [2.45, 2.75) is 22.3 Å². The maximum Gasteiger partial charge on any atom is 0.335 e. The number of sulfone groups is 1. The fourth-order valence-electron chi connectivity index (χ4n) is 2.91. The molecule has 0 amide bonds. The minimum atomic E-state index is -3.71. The Morgan fingerprint density at radius 3 is 2.20 bits per heavy atom. The number of hydrogen-bond donors (Lipinski definition) is 3. The molecule has 0 saturated carbocycles. The molecule has 30 heavy (non-hydrogen) atoms. The standard InChI is InChI=1S/C22H22N2O5S/c25-21(18-2-1-12-23-14-18)15-24-13-11-16-3-7-19(8-4-16)30(28,29)20-9-5-17(6-10-20)22(26)27/h1-10,12,14,21,24-25H,11,13,15H2,(H,26,27)/t21-/m0/s1. The van der Waals surface area contributed by atoms with Crippen LogP contribution in [0.15, 0.2) is 82.8 Å². The van der Waals surface area contributed by atoms with Crippen LogP contribution in [0.2, 0.25) is 0 Å². The lowest BCUT2D eigenvalue weighted by Gasteiger charge is -2.12. The lowest BCUT2D eigenvalue weighted by atomic mass is 10.1. The van der Waals surface area contributed by atoms with E-state index < -0.39 is 21.9 Å². The molecule has 0 radical (unpaired) electrons. The summed E-state index contributed by atoms with van der Waals surface area (Å²) in [5.41, 5.74) is 1.74. The Morgan fingerprint density at radius 1 is 1.00 bits per heavy atom. The average Bonchev–Trinajstić information content (AvgIpc) is 2.77. The third-order valence-corrected chi connectivity index (χ3v) is 6.43. The van der Waals surface area contributed by atoms with E-state index in [-0.39, 0.29) is 15.4 Å². The van der Waals surface area contributed by atoms with Crippen LogP contribution in [0.1, 0.15) is 27.6 Å². The van der Waals surface area contributed by atoms with Crippen LogP contribution in [0.5, 0.6) is 0 Å². The van der Waals surface area contributed by atoms with Gasteiger partial charge in [0.15, 0.2) is 0 Å². The number of aromatic carboxylic acids is 1. The lowest BCUT2D eigenvalue weighted by Crippen LogP contribution is -2.23. The van der Waals surface area contributed by atoms with Gasteiger partial charge in [0.05, 0.1) is 21.5 Å². The summed E-state index contributed by atoms with van der Waals surface area (Å²) in [4.78, 5) is 15.1. The van der Waals surface area contributed by atoms with Crippen molar-refractivity contribution in [1.82, 2.24) is 10.3 Å². The Labute approximate surface area is 175 Å². The van der Waals surface area contributed by atoms with Gasteiger partial charge in [-0.3, -0.25) is 4.98 Å². The van der Waals surface area contributed by atoms with Crippen molar-refractivity contribution in [3.05, 3.63) is 89.7 Å². The fraction of sp³-hybridized carbons (Fsp3) is 0.182. The van der Waals surface area contributed by atoms with Gasteiger partial charge < -0.3 is 15.5 Å². The van der Waals surface area contributed by atoms with Crippen LogP contribution >= 0.6 is 0 Å². The number of pyridine rings is 1. The highest BCUT2D eigenvalue weighted by molar-refractivity contribution is 7.91. The van der Waals surface area contributed by atoms with Crippen molar-refractivity contribution in [1.29, 1.82) is 0 Å². The Morgan fingerprint density at radius 2 is 1.63 bits per heavy atom. The molecule has 0 unspecified atom stereocenters. The molecule has 1 aromatic heterocycles. The van der Waals surface area contributed by atoms with Gasteiger partial charge in [-0.1, -0.05) is 18.2 Å². The van der Waals surface area contributed by atoms with Gasteiger partial charge in [0, 0.05) is 24.5 Å². The summed E-state index contributed by atoms with van der Waals surface area (Å²) in [6.07, 6.45) is 3.31. The summed E-state index contributed by atoms with van der Waals surface area (Å²) in [6.45, 7) is 1.02. The first-order valence-corrected chi connectivity index (χ1v) is 10.8. The first kappa shape index (κ1) is 21.6. The maximum absolute atomic E-state index is 12.7. The van der Waals surface area contributed by atoms with Crippen LogP contribution < -0.4 is 5.32 Å². The SMILES string of the molecule is O=C(O)c1ccc(S(=O)(=O)c2ccc(CCNC[C@H](O)c3cccnc3)cc2)cc1. The monoisotopic (exact) mass is 426 g/mol. The number of carboxylic acid groups (broad SMARTS) is 1. The summed E-state index contributed by atoms with van der Waals surface area (Å²) in [7, 11) is -3.71. The first-order chi connectivity index (χ1) is 14.4. The van der Waals surface area contributed by atoms with Crippen molar-refractivity contribution in [2.24, 2.45) is 0 Å². The van der Waals surface area contributed by atoms with Gasteiger partial charge in [-0.2, -0.15) is 0 Å². The first-order valence-electron chi connectivity index (χ1n) is 9.34. The normalized spacial score (nSPS) is 12.4. The predicted octanol–water partition coefficient (Wildman–Crippen LogP) is 2.48. The summed E-state index contributed by atoms with van der Waals surface area (Å²) >= 11 is 0. The predicted molar refractivity (Wildman–Crippen MR) is 111 cm³/mol. The minimum absolute atomic E-state index is 0.0328. The highest BCUT2D eigenvalue weighted by Crippen LogP contribution is 2.22. The number of nitrogens with zero attached hydrogens (tertiary/aromatic N) is 1. The van der Waals surface area contributed by atoms with Crippen LogP contribution in [0.25, 0.3) is 0 Å². The molecule has 0 saturated heterocycles. The van der Waals surface area contributed by atoms with Gasteiger partial charge in [0.2, 0.25) is 9.84 Å². The third kappa shape index (κ3) is 5.29. The van der Waals surface area contributed by atoms with Gasteiger partial charge in [-0.05, 0) is 61.0 Å². The molecule has 7 nitrogen and oxygen atoms in total. The van der Waals surface area contributed by atoms with E-state index in [1.54, 1.807) is 42.7 Å². The van der Waals surface area contributed by atoms with Crippen molar-refractivity contribution in [2.75, 3.05) is 13.1 Å². The van der Waals surface area contributed by atoms with E-state index in [0.717, 1.165) is 11.1 Å². The molecule has 0 spiro atoms. The molecule has 8 heteroatoms. The largest absolute Gasteiger partial charge is 0.478 e. The zero-order chi connectivity index (χ0) is 21.6. The van der Waals surface area contributed by atoms with E-state index in [1.165, 1.54) is 24.3 Å². The van der Waals surface area contributed by atoms with Crippen molar-refractivity contribution >= 4 is 15.8 Å². The highest BCUT2D eigenvalue weighted by atomic mass is 32.2. The van der Waals surface area contributed by atoms with Gasteiger partial charge >= 0.3 is 5.97 Å². The van der Waals surface area contributed by atoms with E-state index in [2.05, 4.69) is 10.3 Å². The molecule has 0 aliphatic carbocycles. The second-order valence-corrected chi connectivity index (χ2v) is 8.68. The maximum atomic E-state index is 12.7. The number of aromatic nitrogens is 1. The molecular weight excluding hydrogens is 404 g/mol. The quantitative estimate of drug-likeness (QED) is 0.450. The molecule has 3 rings (SSSR count). The van der Waals surface area contributed by atoms with E-state index in [0.29, 0.717) is 19.5 Å². The Balaban J connectivity index is 1.56. The Bertz CT molecular complexity index is 1080. The summed E-state index contributed by atoms with van der Waals surface area (Å²) in [5.74, 6) is -1.11. The van der Waals surface area contributed by atoms with Gasteiger partial charge in [-0.25, -0.2) is 13.2 Å². The van der Waals surface area contributed by atoms with Crippen LogP contribution in [-0.2, 0) is 16.3 Å². The van der Waals surface area contributed by atoms with Gasteiger partial charge in [-0.15, -0.1) is 0 Å². The number of rotatable bonds is 9. The molecule has 0 bridgehead atoms. The molecule has 0 aliphatic rings. The molecule has 3 N–H and O–H groups in total. The lowest BCUT2D eigenvalue weighted by molar-refractivity contribution is 0.0696. The summed E-state index contributed by atoms with van der Waals surface area (Å²) < 4.78 is 25.4. The van der Waals surface area contributed by atoms with Crippen LogP contribution in [-0.4, -0.2) is 42.7 Å². The Kier molecular flexibility index (Phi) is 6.94. The van der Waals surface area contributed by atoms with Crippen molar-refractivity contribution < 1.29 is 23.4 Å². The molecule has 1 atom stereocenters. The molecular formula is C22H22N2O5S. The highest BCUT2D eigenvalue weighted by Gasteiger charge is 2.18. The number of aliphatic hydroxyl groups excluding tert-OH is 1. The second kappa shape index (κ2) is 9.62. The van der Waals surface area contributed by atoms with Gasteiger partial charge in [0.1, 0.15) is 0 Å². The van der Waals surface area contributed by atoms with Crippen LogP contribution in [0.4, 0.5) is 0 Å². The molecule has 2 aromatic carbocycles. The van der Waals surface area contributed by atoms with Crippen molar-refractivity contribution in [3.63, 3.8) is 0 Å². The fourth-order valence-corrected chi connectivity index (χ4v) is 4.17. The zero-order valence-corrected chi connectivity index (χ0v) is 16.9. The third-order valence-electron chi connectivity index (χ3n) is 4.64. The van der Waals surface area contributed by atoms with E-state index in [1.807, 2.05) is 6.07 Å². The number of nitrogens with one attached hydrogen (secondary N) is 1. The summed E-state index contributed by atoms with van der Waals surface area (Å²) in [5, 5.41) is 22.2. The second-order valence-electron chi connectivity index (χ2n) is 6.73. The topological polar surface area (TPSA) is 117 Å². The van der Waals surface area contributed by atoms with E-state index >= 15 is 0 Å². The van der Waals surface area contributed by atoms with E-state index in [9.17, 15) is 18.3 Å². The van der Waals surface area contributed by atoms with E-state index in [4.69, 9.17) is 5.11 Å². The summed E-state index contributed by atoms with van der Waals surface area (Å²) in [6, 6.07) is 15.3. The molecule has 3 aromatic rings. The van der Waals surface area contributed by atoms with Gasteiger partial charge in [0.25, 0.3) is 0 Å². The van der Waals surface area contributed by atoms with Crippen molar-refractivity contribution in [3.8, 4) is 0 Å². The number of carbonyl (C=O) groups is 1. The zero-order valence-electron chi connectivity index (χ0n) is 16.1.